The van der Waals surface area contributed by atoms with Crippen LogP contribution in [0.5, 0.6) is 5.75 Å². The lowest BCUT2D eigenvalue weighted by molar-refractivity contribution is 0.0284. The SMILES string of the molecule is COc1ccc([C@@H]2CN(C(=O)OC(C)(C)C)C[C@H]2COS(C)(=O)=O)cc1. The van der Waals surface area contributed by atoms with E-state index in [1.807, 2.05) is 45.0 Å². The van der Waals surface area contributed by atoms with E-state index in [9.17, 15) is 13.2 Å². The van der Waals surface area contributed by atoms with Crippen molar-refractivity contribution in [3.8, 4) is 5.75 Å². The Bertz CT molecular complexity index is 723. The summed E-state index contributed by atoms with van der Waals surface area (Å²) in [5.74, 6) is 0.542. The minimum atomic E-state index is -3.55. The van der Waals surface area contributed by atoms with Crippen LogP contribution in [0, 0.1) is 5.92 Å². The van der Waals surface area contributed by atoms with E-state index in [1.165, 1.54) is 0 Å². The molecule has 1 amide bonds. The second-order valence-corrected chi connectivity index (χ2v) is 9.16. The number of ether oxygens (including phenoxy) is 2. The Balaban J connectivity index is 2.18. The lowest BCUT2D eigenvalue weighted by Crippen LogP contribution is -2.35. The molecule has 1 fully saturated rings. The van der Waals surface area contributed by atoms with Crippen molar-refractivity contribution in [1.29, 1.82) is 0 Å². The largest absolute Gasteiger partial charge is 0.497 e. The number of hydrogen-bond acceptors (Lipinski definition) is 6. The van der Waals surface area contributed by atoms with Gasteiger partial charge in [0.15, 0.2) is 0 Å². The zero-order valence-electron chi connectivity index (χ0n) is 15.9. The van der Waals surface area contributed by atoms with Crippen molar-refractivity contribution in [2.45, 2.75) is 32.3 Å². The lowest BCUT2D eigenvalue weighted by Gasteiger charge is -2.24. The molecule has 0 aliphatic carbocycles. The van der Waals surface area contributed by atoms with Crippen molar-refractivity contribution in [1.82, 2.24) is 4.90 Å². The molecule has 1 aliphatic rings. The molecule has 2 atom stereocenters. The highest BCUT2D eigenvalue weighted by Crippen LogP contribution is 2.34. The number of methoxy groups -OCH3 is 1. The highest BCUT2D eigenvalue weighted by Gasteiger charge is 2.38. The Morgan fingerprint density at radius 1 is 1.19 bits per heavy atom. The summed E-state index contributed by atoms with van der Waals surface area (Å²) in [5.41, 5.74) is 0.410. The summed E-state index contributed by atoms with van der Waals surface area (Å²) in [6.07, 6.45) is 0.619. The Hall–Kier alpha value is -1.80. The van der Waals surface area contributed by atoms with Gasteiger partial charge < -0.3 is 14.4 Å². The van der Waals surface area contributed by atoms with Gasteiger partial charge in [-0.3, -0.25) is 4.18 Å². The topological polar surface area (TPSA) is 82.1 Å². The lowest BCUT2D eigenvalue weighted by atomic mass is 9.89. The molecule has 7 nitrogen and oxygen atoms in total. The van der Waals surface area contributed by atoms with Crippen LogP contribution in [0.4, 0.5) is 4.79 Å². The third-order valence-electron chi connectivity index (χ3n) is 4.13. The van der Waals surface area contributed by atoms with E-state index in [1.54, 1.807) is 12.0 Å². The molecule has 0 bridgehead atoms. The first-order chi connectivity index (χ1) is 12.0. The average Bonchev–Trinajstić information content (AvgIpc) is 2.95. The van der Waals surface area contributed by atoms with E-state index in [0.717, 1.165) is 17.6 Å². The molecule has 1 aliphatic heterocycles. The summed E-state index contributed by atoms with van der Waals surface area (Å²) >= 11 is 0. The first-order valence-corrected chi connectivity index (χ1v) is 10.3. The van der Waals surface area contributed by atoms with Gasteiger partial charge in [0.25, 0.3) is 10.1 Å². The van der Waals surface area contributed by atoms with Crippen molar-refractivity contribution < 1.29 is 26.9 Å². The maximum absolute atomic E-state index is 12.4. The molecule has 1 saturated heterocycles. The highest BCUT2D eigenvalue weighted by molar-refractivity contribution is 7.85. The van der Waals surface area contributed by atoms with Crippen LogP contribution in [-0.4, -0.2) is 58.1 Å². The van der Waals surface area contributed by atoms with Crippen molar-refractivity contribution in [3.05, 3.63) is 29.8 Å². The molecular weight excluding hydrogens is 358 g/mol. The standard InChI is InChI=1S/C18H27NO6S/c1-18(2,3)25-17(20)19-10-14(12-24-26(5,21)22)16(11-19)13-6-8-15(23-4)9-7-13/h6-9,14,16H,10-12H2,1-5H3/t14-,16-/m0/s1. The summed E-state index contributed by atoms with van der Waals surface area (Å²) in [4.78, 5) is 14.0. The molecular formula is C18H27NO6S. The van der Waals surface area contributed by atoms with Crippen LogP contribution in [0.15, 0.2) is 24.3 Å². The summed E-state index contributed by atoms with van der Waals surface area (Å²) in [7, 11) is -1.95. The van der Waals surface area contributed by atoms with Crippen LogP contribution < -0.4 is 4.74 Å². The Morgan fingerprint density at radius 2 is 1.81 bits per heavy atom. The van der Waals surface area contributed by atoms with Gasteiger partial charge in [0, 0.05) is 24.9 Å². The number of rotatable bonds is 5. The molecule has 0 aromatic heterocycles. The van der Waals surface area contributed by atoms with Crippen LogP contribution in [0.1, 0.15) is 32.3 Å². The molecule has 26 heavy (non-hydrogen) atoms. The summed E-state index contributed by atoms with van der Waals surface area (Å²) < 4.78 is 38.4. The van der Waals surface area contributed by atoms with E-state index >= 15 is 0 Å². The zero-order valence-corrected chi connectivity index (χ0v) is 16.7. The summed E-state index contributed by atoms with van der Waals surface area (Å²) in [5, 5.41) is 0. The number of likely N-dealkylation sites (tertiary alicyclic amines) is 1. The molecule has 1 heterocycles. The second kappa shape index (κ2) is 7.84. The fourth-order valence-corrected chi connectivity index (χ4v) is 3.38. The minimum Gasteiger partial charge on any atom is -0.497 e. The molecule has 0 spiro atoms. The van der Waals surface area contributed by atoms with E-state index in [4.69, 9.17) is 13.7 Å². The molecule has 1 aromatic rings. The zero-order chi connectivity index (χ0) is 19.5. The van der Waals surface area contributed by atoms with Gasteiger partial charge in [-0.05, 0) is 38.5 Å². The Morgan fingerprint density at radius 3 is 2.31 bits per heavy atom. The van der Waals surface area contributed by atoms with Gasteiger partial charge in [-0.1, -0.05) is 12.1 Å². The summed E-state index contributed by atoms with van der Waals surface area (Å²) in [6, 6.07) is 7.55. The smallest absolute Gasteiger partial charge is 0.410 e. The average molecular weight is 385 g/mol. The molecule has 1 aromatic carbocycles. The number of benzene rings is 1. The maximum Gasteiger partial charge on any atom is 0.410 e. The van der Waals surface area contributed by atoms with Gasteiger partial charge in [0.1, 0.15) is 11.4 Å². The second-order valence-electron chi connectivity index (χ2n) is 7.51. The predicted molar refractivity (Wildman–Crippen MR) is 97.8 cm³/mol. The Labute approximate surface area is 155 Å². The third-order valence-corrected chi connectivity index (χ3v) is 4.70. The number of nitrogens with zero attached hydrogens (tertiary/aromatic N) is 1. The number of amides is 1. The first-order valence-electron chi connectivity index (χ1n) is 8.45. The molecule has 0 radical (unpaired) electrons. The number of carbonyl (C=O) groups is 1. The summed E-state index contributed by atoms with van der Waals surface area (Å²) in [6.45, 7) is 6.28. The van der Waals surface area contributed by atoms with Gasteiger partial charge in [-0.15, -0.1) is 0 Å². The van der Waals surface area contributed by atoms with Crippen LogP contribution in [0.3, 0.4) is 0 Å². The van der Waals surface area contributed by atoms with Gasteiger partial charge in [0.2, 0.25) is 0 Å². The Kier molecular flexibility index (Phi) is 6.18. The van der Waals surface area contributed by atoms with Gasteiger partial charge in [-0.25, -0.2) is 4.79 Å². The van der Waals surface area contributed by atoms with E-state index in [2.05, 4.69) is 0 Å². The quantitative estimate of drug-likeness (QED) is 0.725. The first kappa shape index (κ1) is 20.5. The van der Waals surface area contributed by atoms with Gasteiger partial charge in [-0.2, -0.15) is 8.42 Å². The van der Waals surface area contributed by atoms with E-state index in [0.29, 0.717) is 13.1 Å². The van der Waals surface area contributed by atoms with Gasteiger partial charge >= 0.3 is 6.09 Å². The third kappa shape index (κ3) is 5.88. The highest BCUT2D eigenvalue weighted by atomic mass is 32.2. The fraction of sp³-hybridized carbons (Fsp3) is 0.611. The van der Waals surface area contributed by atoms with Crippen LogP contribution in [0.25, 0.3) is 0 Å². The van der Waals surface area contributed by atoms with Crippen molar-refractivity contribution in [2.24, 2.45) is 5.92 Å². The van der Waals surface area contributed by atoms with Gasteiger partial charge in [0.05, 0.1) is 20.0 Å². The van der Waals surface area contributed by atoms with Crippen molar-refractivity contribution in [3.63, 3.8) is 0 Å². The molecule has 146 valence electrons. The number of hydrogen-bond donors (Lipinski definition) is 0. The molecule has 8 heteroatoms. The normalized spacial score (nSPS) is 20.9. The van der Waals surface area contributed by atoms with Crippen LogP contribution in [-0.2, 0) is 19.0 Å². The maximum atomic E-state index is 12.4. The molecule has 0 unspecified atom stereocenters. The predicted octanol–water partition coefficient (Wildman–Crippen LogP) is 2.62. The molecule has 0 saturated carbocycles. The van der Waals surface area contributed by atoms with Crippen molar-refractivity contribution >= 4 is 16.2 Å². The van der Waals surface area contributed by atoms with E-state index < -0.39 is 21.8 Å². The fourth-order valence-electron chi connectivity index (χ4n) is 2.96. The van der Waals surface area contributed by atoms with Crippen molar-refractivity contribution in [2.75, 3.05) is 33.1 Å². The monoisotopic (exact) mass is 385 g/mol. The number of carbonyl (C=O) groups excluding carboxylic acids is 1. The minimum absolute atomic E-state index is 0.0226. The van der Waals surface area contributed by atoms with E-state index in [-0.39, 0.29) is 18.4 Å². The molecule has 2 rings (SSSR count). The van der Waals surface area contributed by atoms with Crippen LogP contribution in [0.2, 0.25) is 0 Å². The van der Waals surface area contributed by atoms with Crippen LogP contribution >= 0.6 is 0 Å². The molecule has 0 N–H and O–H groups in total.